The molecule has 2 aromatic carbocycles. The number of rotatable bonds is 14. The van der Waals surface area contributed by atoms with E-state index in [4.69, 9.17) is 0 Å². The number of hydrogen-bond acceptors (Lipinski definition) is 7. The Labute approximate surface area is 235 Å². The SMILES string of the molecule is CNC(=O)C(O)(C(=O)N[C@@H](Cc1ccccc1)C(O)CNC[C@@H](O)[C@H](Cc1ccccc1)NC(=O)O)C(C)(C)C. The summed E-state index contributed by atoms with van der Waals surface area (Å²) in [6, 6.07) is 16.5. The molecule has 0 radical (unpaired) electrons. The first-order valence-corrected chi connectivity index (χ1v) is 13.2. The van der Waals surface area contributed by atoms with Crippen molar-refractivity contribution in [1.82, 2.24) is 21.3 Å². The van der Waals surface area contributed by atoms with Gasteiger partial charge >= 0.3 is 6.09 Å². The Morgan fingerprint density at radius 3 is 1.55 bits per heavy atom. The van der Waals surface area contributed by atoms with Crippen molar-refractivity contribution in [2.24, 2.45) is 5.41 Å². The van der Waals surface area contributed by atoms with Crippen LogP contribution < -0.4 is 21.3 Å². The van der Waals surface area contributed by atoms with Crippen LogP contribution in [0.4, 0.5) is 4.79 Å². The Balaban J connectivity index is 2.14. The molecule has 0 aliphatic heterocycles. The molecule has 40 heavy (non-hydrogen) atoms. The lowest BCUT2D eigenvalue weighted by molar-refractivity contribution is -0.166. The van der Waals surface area contributed by atoms with Crippen LogP contribution in [0.2, 0.25) is 0 Å². The van der Waals surface area contributed by atoms with E-state index in [1.165, 1.54) is 7.05 Å². The zero-order valence-corrected chi connectivity index (χ0v) is 23.4. The molecule has 0 spiro atoms. The molecule has 220 valence electrons. The van der Waals surface area contributed by atoms with Crippen molar-refractivity contribution in [2.75, 3.05) is 20.1 Å². The molecule has 8 N–H and O–H groups in total. The number of hydrogen-bond donors (Lipinski definition) is 8. The van der Waals surface area contributed by atoms with Gasteiger partial charge in [0.2, 0.25) is 5.60 Å². The highest BCUT2D eigenvalue weighted by Crippen LogP contribution is 2.31. The molecular formula is C29H42N4O7. The lowest BCUT2D eigenvalue weighted by Crippen LogP contribution is -2.66. The fourth-order valence-electron chi connectivity index (χ4n) is 4.36. The van der Waals surface area contributed by atoms with E-state index in [0.29, 0.717) is 0 Å². The molecular weight excluding hydrogens is 516 g/mol. The van der Waals surface area contributed by atoms with Gasteiger partial charge in [0.1, 0.15) is 0 Å². The van der Waals surface area contributed by atoms with Crippen molar-refractivity contribution in [3.63, 3.8) is 0 Å². The van der Waals surface area contributed by atoms with Crippen molar-refractivity contribution in [3.05, 3.63) is 71.8 Å². The summed E-state index contributed by atoms with van der Waals surface area (Å²) in [6.45, 7) is 4.55. The van der Waals surface area contributed by atoms with Gasteiger partial charge in [0.05, 0.1) is 24.3 Å². The number of carbonyl (C=O) groups excluding carboxylic acids is 2. The average Bonchev–Trinajstić information content (AvgIpc) is 2.91. The average molecular weight is 559 g/mol. The Kier molecular flexibility index (Phi) is 12.1. The number of nitrogens with one attached hydrogen (secondary N) is 4. The molecule has 11 nitrogen and oxygen atoms in total. The molecule has 0 heterocycles. The van der Waals surface area contributed by atoms with Crippen LogP contribution in [0.25, 0.3) is 0 Å². The van der Waals surface area contributed by atoms with Gasteiger partial charge in [-0.3, -0.25) is 9.59 Å². The Morgan fingerprint density at radius 1 is 0.750 bits per heavy atom. The summed E-state index contributed by atoms with van der Waals surface area (Å²) < 4.78 is 0. The number of amides is 3. The molecule has 0 fully saturated rings. The van der Waals surface area contributed by atoms with Crippen LogP contribution in [0.3, 0.4) is 0 Å². The van der Waals surface area contributed by atoms with E-state index in [2.05, 4.69) is 21.3 Å². The summed E-state index contributed by atoms with van der Waals surface area (Å²) in [6.07, 6.45) is -3.12. The number of likely N-dealkylation sites (N-methyl/N-ethyl adjacent to an activating group) is 1. The second-order valence-corrected chi connectivity index (χ2v) is 10.8. The number of benzene rings is 2. The van der Waals surface area contributed by atoms with E-state index < -0.39 is 53.2 Å². The predicted molar refractivity (Wildman–Crippen MR) is 151 cm³/mol. The largest absolute Gasteiger partial charge is 0.465 e. The summed E-state index contributed by atoms with van der Waals surface area (Å²) in [5.41, 5.74) is -1.92. The Bertz CT molecular complexity index is 1090. The van der Waals surface area contributed by atoms with Crippen LogP contribution in [0, 0.1) is 5.41 Å². The Morgan fingerprint density at radius 2 is 1.18 bits per heavy atom. The van der Waals surface area contributed by atoms with Gasteiger partial charge in [0.25, 0.3) is 11.8 Å². The van der Waals surface area contributed by atoms with Crippen LogP contribution in [-0.4, -0.2) is 88.4 Å². The fourth-order valence-corrected chi connectivity index (χ4v) is 4.36. The first-order valence-electron chi connectivity index (χ1n) is 13.2. The van der Waals surface area contributed by atoms with Crippen LogP contribution in [0.5, 0.6) is 0 Å². The van der Waals surface area contributed by atoms with Crippen molar-refractivity contribution in [1.29, 1.82) is 0 Å². The van der Waals surface area contributed by atoms with Crippen molar-refractivity contribution in [3.8, 4) is 0 Å². The smallest absolute Gasteiger partial charge is 0.404 e. The minimum absolute atomic E-state index is 0.0506. The van der Waals surface area contributed by atoms with E-state index in [-0.39, 0.29) is 25.9 Å². The molecule has 0 saturated carbocycles. The minimum Gasteiger partial charge on any atom is -0.465 e. The topological polar surface area (TPSA) is 180 Å². The molecule has 2 aromatic rings. The zero-order chi connectivity index (χ0) is 29.9. The maximum Gasteiger partial charge on any atom is 0.404 e. The molecule has 3 amide bonds. The van der Waals surface area contributed by atoms with Gasteiger partial charge in [-0.2, -0.15) is 0 Å². The van der Waals surface area contributed by atoms with E-state index >= 15 is 0 Å². The molecule has 0 aliphatic rings. The molecule has 11 heteroatoms. The maximum atomic E-state index is 13.3. The predicted octanol–water partition coefficient (Wildman–Crippen LogP) is 0.427. The summed E-state index contributed by atoms with van der Waals surface area (Å²) in [5, 5.41) is 52.5. The highest BCUT2D eigenvalue weighted by Gasteiger charge is 2.53. The quantitative estimate of drug-likeness (QED) is 0.154. The third-order valence-corrected chi connectivity index (χ3v) is 6.83. The van der Waals surface area contributed by atoms with Crippen molar-refractivity contribution in [2.45, 2.75) is 63.5 Å². The van der Waals surface area contributed by atoms with E-state index in [1.54, 1.807) is 20.8 Å². The van der Waals surface area contributed by atoms with Gasteiger partial charge in [-0.15, -0.1) is 0 Å². The first kappa shape index (κ1) is 32.7. The van der Waals surface area contributed by atoms with E-state index in [9.17, 15) is 34.8 Å². The van der Waals surface area contributed by atoms with Crippen LogP contribution in [0.15, 0.2) is 60.7 Å². The van der Waals surface area contributed by atoms with Crippen LogP contribution in [0.1, 0.15) is 31.9 Å². The van der Waals surface area contributed by atoms with Gasteiger partial charge in [0, 0.05) is 25.6 Å². The number of carboxylic acid groups (broad SMARTS) is 1. The molecule has 0 aromatic heterocycles. The molecule has 5 atom stereocenters. The van der Waals surface area contributed by atoms with E-state index in [0.717, 1.165) is 11.1 Å². The summed E-state index contributed by atoms with van der Waals surface area (Å²) >= 11 is 0. The van der Waals surface area contributed by atoms with Gasteiger partial charge < -0.3 is 41.7 Å². The highest BCUT2D eigenvalue weighted by molar-refractivity contribution is 6.09. The van der Waals surface area contributed by atoms with Crippen LogP contribution in [-0.2, 0) is 22.4 Å². The minimum atomic E-state index is -2.41. The standard InChI is InChI=1S/C29H42N4O7/c1-28(2,3)29(40,25(36)30-4)26(37)32-21(15-19-11-7-5-8-12-19)23(34)17-31-18-24(35)22(33-27(38)39)16-20-13-9-6-10-14-20/h5-14,21-24,31,33-35,40H,15-18H2,1-4H3,(H,30,36)(H,32,37)(H,38,39)/t21-,22-,23?,24+,29?/m0/s1. The Hall–Kier alpha value is -3.51. The second kappa shape index (κ2) is 14.8. The van der Waals surface area contributed by atoms with Crippen LogP contribution >= 0.6 is 0 Å². The van der Waals surface area contributed by atoms with Gasteiger partial charge in [-0.05, 0) is 24.0 Å². The number of aliphatic hydroxyl groups is 3. The lowest BCUT2D eigenvalue weighted by atomic mass is 9.74. The molecule has 0 aliphatic carbocycles. The summed E-state index contributed by atoms with van der Waals surface area (Å²) in [4.78, 5) is 37.2. The molecule has 0 bridgehead atoms. The first-order chi connectivity index (χ1) is 18.8. The van der Waals surface area contributed by atoms with Gasteiger partial charge in [-0.1, -0.05) is 81.4 Å². The van der Waals surface area contributed by atoms with Gasteiger partial charge in [-0.25, -0.2) is 4.79 Å². The highest BCUT2D eigenvalue weighted by atomic mass is 16.4. The van der Waals surface area contributed by atoms with Gasteiger partial charge in [0.15, 0.2) is 0 Å². The normalized spacial score (nSPS) is 16.1. The molecule has 0 saturated heterocycles. The monoisotopic (exact) mass is 558 g/mol. The van der Waals surface area contributed by atoms with Crippen molar-refractivity contribution < 1.29 is 34.8 Å². The third kappa shape index (κ3) is 9.02. The fraction of sp³-hybridized carbons (Fsp3) is 0.483. The second-order valence-electron chi connectivity index (χ2n) is 10.8. The third-order valence-electron chi connectivity index (χ3n) is 6.83. The number of carbonyl (C=O) groups is 3. The zero-order valence-electron chi connectivity index (χ0n) is 23.4. The van der Waals surface area contributed by atoms with Crippen molar-refractivity contribution >= 4 is 17.9 Å². The maximum absolute atomic E-state index is 13.3. The molecule has 2 rings (SSSR count). The lowest BCUT2D eigenvalue weighted by Gasteiger charge is -2.38. The number of aliphatic hydroxyl groups excluding tert-OH is 2. The summed E-state index contributed by atoms with van der Waals surface area (Å²) in [7, 11) is 1.32. The molecule has 2 unspecified atom stereocenters. The summed E-state index contributed by atoms with van der Waals surface area (Å²) in [5.74, 6) is -1.82. The van der Waals surface area contributed by atoms with E-state index in [1.807, 2.05) is 60.7 Å².